The van der Waals surface area contributed by atoms with Crippen LogP contribution < -0.4 is 9.64 Å². The van der Waals surface area contributed by atoms with Gasteiger partial charge in [-0.15, -0.1) is 0 Å². The van der Waals surface area contributed by atoms with Crippen molar-refractivity contribution in [2.24, 2.45) is 0 Å². The number of hydrogen-bond donors (Lipinski definition) is 0. The van der Waals surface area contributed by atoms with Gasteiger partial charge in [0.1, 0.15) is 11.6 Å². The molecule has 0 amide bonds. The summed E-state index contributed by atoms with van der Waals surface area (Å²) in [7, 11) is 1.51. The van der Waals surface area contributed by atoms with Crippen molar-refractivity contribution >= 4 is 5.82 Å². The van der Waals surface area contributed by atoms with Gasteiger partial charge < -0.3 is 9.64 Å². The summed E-state index contributed by atoms with van der Waals surface area (Å²) < 4.78 is 18.9. The third kappa shape index (κ3) is 2.94. The van der Waals surface area contributed by atoms with Crippen LogP contribution >= 0.6 is 0 Å². The van der Waals surface area contributed by atoms with E-state index in [4.69, 9.17) is 4.74 Å². The molecular formula is C18H17FN6O. The van der Waals surface area contributed by atoms with E-state index in [-0.39, 0.29) is 6.04 Å². The third-order valence-corrected chi connectivity index (χ3v) is 4.46. The Morgan fingerprint density at radius 2 is 1.92 bits per heavy atom. The molecule has 0 spiro atoms. The van der Waals surface area contributed by atoms with Crippen LogP contribution in [0.2, 0.25) is 0 Å². The van der Waals surface area contributed by atoms with Gasteiger partial charge in [-0.05, 0) is 13.0 Å². The number of halogens is 1. The van der Waals surface area contributed by atoms with Gasteiger partial charge in [0.2, 0.25) is 5.95 Å². The molecule has 1 aliphatic heterocycles. The van der Waals surface area contributed by atoms with E-state index in [0.29, 0.717) is 36.2 Å². The van der Waals surface area contributed by atoms with E-state index in [9.17, 15) is 4.39 Å². The molecule has 3 aromatic heterocycles. The lowest BCUT2D eigenvalue weighted by Crippen LogP contribution is -2.35. The van der Waals surface area contributed by atoms with Gasteiger partial charge in [0.15, 0.2) is 11.6 Å². The molecule has 0 aromatic carbocycles. The van der Waals surface area contributed by atoms with Gasteiger partial charge in [-0.3, -0.25) is 0 Å². The molecule has 0 saturated carbocycles. The zero-order valence-corrected chi connectivity index (χ0v) is 14.4. The Bertz CT molecular complexity index is 936. The van der Waals surface area contributed by atoms with E-state index in [0.717, 1.165) is 11.3 Å². The van der Waals surface area contributed by atoms with Crippen molar-refractivity contribution in [1.82, 2.24) is 24.9 Å². The minimum atomic E-state index is -0.565. The highest BCUT2D eigenvalue weighted by Gasteiger charge is 2.27. The highest BCUT2D eigenvalue weighted by Crippen LogP contribution is 2.33. The number of ether oxygens (including phenoxy) is 1. The van der Waals surface area contributed by atoms with Crippen LogP contribution in [-0.4, -0.2) is 38.6 Å². The van der Waals surface area contributed by atoms with E-state index >= 15 is 0 Å². The smallest absolute Gasteiger partial charge is 0.218 e. The maximum atomic E-state index is 13.8. The summed E-state index contributed by atoms with van der Waals surface area (Å²) in [6.07, 6.45) is 5.82. The molecule has 1 aliphatic rings. The van der Waals surface area contributed by atoms with Crippen molar-refractivity contribution in [3.8, 4) is 17.4 Å². The predicted octanol–water partition coefficient (Wildman–Crippen LogP) is 2.60. The van der Waals surface area contributed by atoms with Gasteiger partial charge in [0.25, 0.3) is 0 Å². The maximum absolute atomic E-state index is 13.8. The van der Waals surface area contributed by atoms with Crippen molar-refractivity contribution in [2.75, 3.05) is 18.6 Å². The first-order chi connectivity index (χ1) is 12.7. The highest BCUT2D eigenvalue weighted by molar-refractivity contribution is 5.50. The molecule has 0 bridgehead atoms. The SMILES string of the molecule is COc1cc(F)nc(N2CCc3nc(-c4ncccn4)ncc3[C@H]2C)c1. The number of anilines is 1. The highest BCUT2D eigenvalue weighted by atomic mass is 19.1. The average molecular weight is 352 g/mol. The topological polar surface area (TPSA) is 76.9 Å². The van der Waals surface area contributed by atoms with E-state index in [1.165, 1.54) is 13.2 Å². The van der Waals surface area contributed by atoms with Gasteiger partial charge in [-0.1, -0.05) is 0 Å². The molecule has 0 radical (unpaired) electrons. The zero-order chi connectivity index (χ0) is 18.1. The molecule has 0 fully saturated rings. The third-order valence-electron chi connectivity index (χ3n) is 4.46. The molecule has 1 atom stereocenters. The molecule has 0 aliphatic carbocycles. The Morgan fingerprint density at radius 1 is 1.12 bits per heavy atom. The van der Waals surface area contributed by atoms with Crippen molar-refractivity contribution in [2.45, 2.75) is 19.4 Å². The fraction of sp³-hybridized carbons (Fsp3) is 0.278. The second-order valence-corrected chi connectivity index (χ2v) is 5.98. The van der Waals surface area contributed by atoms with E-state index in [1.54, 1.807) is 30.7 Å². The van der Waals surface area contributed by atoms with Crippen molar-refractivity contribution in [3.63, 3.8) is 0 Å². The van der Waals surface area contributed by atoms with Crippen molar-refractivity contribution in [1.29, 1.82) is 0 Å². The summed E-state index contributed by atoms with van der Waals surface area (Å²) in [5, 5.41) is 0. The molecule has 132 valence electrons. The van der Waals surface area contributed by atoms with Crippen LogP contribution in [0.15, 0.2) is 36.8 Å². The minimum absolute atomic E-state index is 0.0384. The first kappa shape index (κ1) is 16.3. The molecular weight excluding hydrogens is 335 g/mol. The van der Waals surface area contributed by atoms with E-state index in [2.05, 4.69) is 24.9 Å². The molecule has 8 heteroatoms. The first-order valence-electron chi connectivity index (χ1n) is 8.27. The van der Waals surface area contributed by atoms with Crippen LogP contribution in [0.5, 0.6) is 5.75 Å². The van der Waals surface area contributed by atoms with Crippen molar-refractivity contribution in [3.05, 3.63) is 54.0 Å². The molecule has 7 nitrogen and oxygen atoms in total. The zero-order valence-electron chi connectivity index (χ0n) is 14.4. The summed E-state index contributed by atoms with van der Waals surface area (Å²) >= 11 is 0. The Kier molecular flexibility index (Phi) is 4.16. The lowest BCUT2D eigenvalue weighted by molar-refractivity contribution is 0.408. The maximum Gasteiger partial charge on any atom is 0.218 e. The number of nitrogens with zero attached hydrogens (tertiary/aromatic N) is 6. The standard InChI is InChI=1S/C18H17FN6O/c1-11-13-10-22-18(17-20-5-3-6-21-17)23-14(13)4-7-25(11)16-9-12(26-2)8-15(19)24-16/h3,5-6,8-11H,4,7H2,1-2H3/t11-/m1/s1. The van der Waals surface area contributed by atoms with E-state index < -0.39 is 5.95 Å². The van der Waals surface area contributed by atoms with Crippen LogP contribution in [0, 0.1) is 5.95 Å². The fourth-order valence-corrected chi connectivity index (χ4v) is 3.12. The largest absolute Gasteiger partial charge is 0.496 e. The monoisotopic (exact) mass is 352 g/mol. The lowest BCUT2D eigenvalue weighted by Gasteiger charge is -2.35. The second kappa shape index (κ2) is 6.62. The average Bonchev–Trinajstić information content (AvgIpc) is 2.68. The van der Waals surface area contributed by atoms with Gasteiger partial charge in [-0.25, -0.2) is 24.9 Å². The van der Waals surface area contributed by atoms with Gasteiger partial charge in [-0.2, -0.15) is 4.39 Å². The number of fused-ring (bicyclic) bond motifs is 1. The molecule has 4 rings (SSSR count). The Morgan fingerprint density at radius 3 is 2.69 bits per heavy atom. The summed E-state index contributed by atoms with van der Waals surface area (Å²) in [5.41, 5.74) is 1.94. The summed E-state index contributed by atoms with van der Waals surface area (Å²) in [5.74, 6) is 1.43. The van der Waals surface area contributed by atoms with Crippen LogP contribution in [-0.2, 0) is 6.42 Å². The van der Waals surface area contributed by atoms with Gasteiger partial charge in [0.05, 0.1) is 18.8 Å². The fourth-order valence-electron chi connectivity index (χ4n) is 3.12. The molecule has 3 aromatic rings. The Balaban J connectivity index is 1.67. The van der Waals surface area contributed by atoms with Gasteiger partial charge in [0, 0.05) is 49.3 Å². The number of pyridine rings is 1. The van der Waals surface area contributed by atoms with Crippen LogP contribution in [0.1, 0.15) is 24.2 Å². The minimum Gasteiger partial charge on any atom is -0.496 e. The number of hydrogen-bond acceptors (Lipinski definition) is 7. The Labute approximate surface area is 150 Å². The van der Waals surface area contributed by atoms with Crippen molar-refractivity contribution < 1.29 is 9.13 Å². The Hall–Kier alpha value is -3.16. The van der Waals surface area contributed by atoms with Crippen LogP contribution in [0.4, 0.5) is 10.2 Å². The number of aromatic nitrogens is 5. The normalized spacial score (nSPS) is 16.3. The molecule has 0 saturated heterocycles. The molecule has 4 heterocycles. The number of rotatable bonds is 3. The molecule has 0 N–H and O–H groups in total. The summed E-state index contributed by atoms with van der Waals surface area (Å²) in [6, 6.07) is 4.71. The molecule has 0 unspecified atom stereocenters. The van der Waals surface area contributed by atoms with Gasteiger partial charge >= 0.3 is 0 Å². The summed E-state index contributed by atoms with van der Waals surface area (Å²) in [6.45, 7) is 2.69. The number of methoxy groups -OCH3 is 1. The van der Waals surface area contributed by atoms with Crippen LogP contribution in [0.3, 0.4) is 0 Å². The summed E-state index contributed by atoms with van der Waals surface area (Å²) in [4.78, 5) is 23.5. The van der Waals surface area contributed by atoms with Crippen LogP contribution in [0.25, 0.3) is 11.6 Å². The van der Waals surface area contributed by atoms with E-state index in [1.807, 2.05) is 11.8 Å². The second-order valence-electron chi connectivity index (χ2n) is 5.98. The quantitative estimate of drug-likeness (QED) is 0.671. The first-order valence-corrected chi connectivity index (χ1v) is 8.27. The molecule has 26 heavy (non-hydrogen) atoms. The lowest BCUT2D eigenvalue weighted by atomic mass is 9.99. The predicted molar refractivity (Wildman–Crippen MR) is 93.3 cm³/mol.